The van der Waals surface area contributed by atoms with Crippen LogP contribution in [-0.2, 0) is 6.54 Å². The zero-order chi connectivity index (χ0) is 17.1. The van der Waals surface area contributed by atoms with Gasteiger partial charge in [-0.25, -0.2) is 0 Å². The summed E-state index contributed by atoms with van der Waals surface area (Å²) in [6.45, 7) is 8.66. The lowest BCUT2D eigenvalue weighted by Gasteiger charge is -2.22. The third-order valence-corrected chi connectivity index (χ3v) is 4.85. The number of aromatic nitrogens is 2. The van der Waals surface area contributed by atoms with Gasteiger partial charge in [-0.15, -0.1) is 0 Å². The van der Waals surface area contributed by atoms with Gasteiger partial charge in [-0.05, 0) is 64.0 Å². The average Bonchev–Trinajstić information content (AvgIpc) is 3.17. The Morgan fingerprint density at radius 2 is 2.08 bits per heavy atom. The Hall–Kier alpha value is -1.43. The van der Waals surface area contributed by atoms with E-state index >= 15 is 0 Å². The molecule has 24 heavy (non-hydrogen) atoms. The van der Waals surface area contributed by atoms with E-state index in [-0.39, 0.29) is 0 Å². The van der Waals surface area contributed by atoms with Crippen LogP contribution in [-0.4, -0.2) is 52.7 Å². The van der Waals surface area contributed by atoms with Crippen LogP contribution >= 0.6 is 11.6 Å². The smallest absolute Gasteiger partial charge is 0.241 e. The molecule has 1 saturated heterocycles. The van der Waals surface area contributed by atoms with E-state index in [1.165, 1.54) is 19.5 Å². The molecule has 1 aliphatic rings. The second kappa shape index (κ2) is 7.64. The molecular formula is C18H25ClN4O. The minimum Gasteiger partial charge on any atom is -0.338 e. The van der Waals surface area contributed by atoms with E-state index in [1.54, 1.807) is 0 Å². The molecule has 0 amide bonds. The highest BCUT2D eigenvalue weighted by Crippen LogP contribution is 2.21. The zero-order valence-corrected chi connectivity index (χ0v) is 15.3. The summed E-state index contributed by atoms with van der Waals surface area (Å²) < 4.78 is 5.40. The van der Waals surface area contributed by atoms with Crippen LogP contribution in [0.5, 0.6) is 0 Å². The largest absolute Gasteiger partial charge is 0.338 e. The van der Waals surface area contributed by atoms with Crippen molar-refractivity contribution in [3.05, 3.63) is 35.2 Å². The van der Waals surface area contributed by atoms with Crippen LogP contribution in [0.15, 0.2) is 28.8 Å². The van der Waals surface area contributed by atoms with Crippen molar-refractivity contribution in [2.45, 2.75) is 32.9 Å². The SMILES string of the molecule is CC(C)N1CCC(CN(C)Cc2nc(-c3ccc(Cl)cc3)no2)C1. The molecule has 1 fully saturated rings. The lowest BCUT2D eigenvalue weighted by Crippen LogP contribution is -2.31. The van der Waals surface area contributed by atoms with Crippen molar-refractivity contribution in [1.29, 1.82) is 0 Å². The second-order valence-corrected chi connectivity index (χ2v) is 7.40. The highest BCUT2D eigenvalue weighted by Gasteiger charge is 2.25. The minimum atomic E-state index is 0.613. The number of rotatable bonds is 6. The third kappa shape index (κ3) is 4.35. The van der Waals surface area contributed by atoms with E-state index in [9.17, 15) is 0 Å². The van der Waals surface area contributed by atoms with Gasteiger partial charge >= 0.3 is 0 Å². The lowest BCUT2D eigenvalue weighted by atomic mass is 10.1. The van der Waals surface area contributed by atoms with Crippen molar-refractivity contribution in [2.75, 3.05) is 26.7 Å². The quantitative estimate of drug-likeness (QED) is 0.798. The van der Waals surface area contributed by atoms with Crippen LogP contribution in [0.4, 0.5) is 0 Å². The molecule has 1 unspecified atom stereocenters. The van der Waals surface area contributed by atoms with Crippen molar-refractivity contribution < 1.29 is 4.52 Å². The molecule has 0 aliphatic carbocycles. The summed E-state index contributed by atoms with van der Waals surface area (Å²) in [6, 6.07) is 8.11. The van der Waals surface area contributed by atoms with Gasteiger partial charge in [0.25, 0.3) is 0 Å². The van der Waals surface area contributed by atoms with Crippen LogP contribution in [0, 0.1) is 5.92 Å². The van der Waals surface area contributed by atoms with Crippen LogP contribution in [0.2, 0.25) is 5.02 Å². The fourth-order valence-electron chi connectivity index (χ4n) is 3.25. The second-order valence-electron chi connectivity index (χ2n) is 6.96. The first kappa shape index (κ1) is 17.4. The summed E-state index contributed by atoms with van der Waals surface area (Å²) in [5, 5.41) is 4.78. The number of benzene rings is 1. The molecule has 0 radical (unpaired) electrons. The number of nitrogens with zero attached hydrogens (tertiary/aromatic N) is 4. The van der Waals surface area contributed by atoms with Gasteiger partial charge in [-0.1, -0.05) is 16.8 Å². The monoisotopic (exact) mass is 348 g/mol. The minimum absolute atomic E-state index is 0.613. The number of halogens is 1. The fraction of sp³-hybridized carbons (Fsp3) is 0.556. The van der Waals surface area contributed by atoms with Crippen LogP contribution in [0.1, 0.15) is 26.2 Å². The first-order valence-corrected chi connectivity index (χ1v) is 8.90. The molecule has 3 rings (SSSR count). The Bertz CT molecular complexity index is 655. The first-order chi connectivity index (χ1) is 11.5. The van der Waals surface area contributed by atoms with E-state index < -0.39 is 0 Å². The van der Waals surface area contributed by atoms with Crippen LogP contribution < -0.4 is 0 Å². The van der Waals surface area contributed by atoms with E-state index in [1.807, 2.05) is 24.3 Å². The normalized spacial score (nSPS) is 18.8. The zero-order valence-electron chi connectivity index (χ0n) is 14.6. The molecule has 0 bridgehead atoms. The molecule has 1 atom stereocenters. The topological polar surface area (TPSA) is 45.4 Å². The van der Waals surface area contributed by atoms with E-state index in [0.29, 0.717) is 29.3 Å². The van der Waals surface area contributed by atoms with Gasteiger partial charge in [0.2, 0.25) is 11.7 Å². The summed E-state index contributed by atoms with van der Waals surface area (Å²) in [5.41, 5.74) is 0.917. The van der Waals surface area contributed by atoms with Gasteiger partial charge in [0.15, 0.2) is 0 Å². The molecule has 0 spiro atoms. The van der Waals surface area contributed by atoms with Crippen molar-refractivity contribution in [2.24, 2.45) is 5.92 Å². The Morgan fingerprint density at radius 1 is 1.33 bits per heavy atom. The Morgan fingerprint density at radius 3 is 2.75 bits per heavy atom. The van der Waals surface area contributed by atoms with Gasteiger partial charge in [-0.3, -0.25) is 4.90 Å². The van der Waals surface area contributed by atoms with Gasteiger partial charge in [0.1, 0.15) is 0 Å². The highest BCUT2D eigenvalue weighted by molar-refractivity contribution is 6.30. The summed E-state index contributed by atoms with van der Waals surface area (Å²) in [4.78, 5) is 9.31. The maximum Gasteiger partial charge on any atom is 0.241 e. The van der Waals surface area contributed by atoms with Crippen molar-refractivity contribution in [3.8, 4) is 11.4 Å². The summed E-state index contributed by atoms with van der Waals surface area (Å²) in [7, 11) is 2.12. The molecule has 1 aromatic heterocycles. The van der Waals surface area contributed by atoms with E-state index in [2.05, 4.69) is 40.8 Å². The molecule has 1 aliphatic heterocycles. The molecule has 0 N–H and O–H groups in total. The van der Waals surface area contributed by atoms with Crippen LogP contribution in [0.25, 0.3) is 11.4 Å². The Kier molecular flexibility index (Phi) is 5.54. The third-order valence-electron chi connectivity index (χ3n) is 4.59. The van der Waals surface area contributed by atoms with Crippen LogP contribution in [0.3, 0.4) is 0 Å². The van der Waals surface area contributed by atoms with Crippen molar-refractivity contribution in [1.82, 2.24) is 19.9 Å². The summed E-state index contributed by atoms with van der Waals surface area (Å²) in [6.07, 6.45) is 1.27. The molecule has 5 nitrogen and oxygen atoms in total. The fourth-order valence-corrected chi connectivity index (χ4v) is 3.38. The molecule has 130 valence electrons. The van der Waals surface area contributed by atoms with Gasteiger partial charge in [0.05, 0.1) is 6.54 Å². The number of hydrogen-bond acceptors (Lipinski definition) is 5. The summed E-state index contributed by atoms with van der Waals surface area (Å²) in [5.74, 6) is 1.99. The van der Waals surface area contributed by atoms with Gasteiger partial charge in [0, 0.05) is 29.7 Å². The molecule has 6 heteroatoms. The molecule has 0 saturated carbocycles. The summed E-state index contributed by atoms with van der Waals surface area (Å²) >= 11 is 5.91. The molecule has 1 aromatic carbocycles. The molecule has 2 heterocycles. The van der Waals surface area contributed by atoms with E-state index in [4.69, 9.17) is 16.1 Å². The van der Waals surface area contributed by atoms with Crippen molar-refractivity contribution in [3.63, 3.8) is 0 Å². The maximum atomic E-state index is 5.91. The highest BCUT2D eigenvalue weighted by atomic mass is 35.5. The standard InChI is InChI=1S/C18H25ClN4O/c1-13(2)23-9-8-14(11-23)10-22(3)12-17-20-18(21-24-17)15-4-6-16(19)7-5-15/h4-7,13-14H,8-12H2,1-3H3. The Labute approximate surface area is 148 Å². The number of hydrogen-bond donors (Lipinski definition) is 0. The lowest BCUT2D eigenvalue weighted by molar-refractivity contribution is 0.218. The average molecular weight is 349 g/mol. The van der Waals surface area contributed by atoms with Gasteiger partial charge < -0.3 is 9.42 Å². The molecule has 2 aromatic rings. The maximum absolute atomic E-state index is 5.91. The van der Waals surface area contributed by atoms with E-state index in [0.717, 1.165) is 18.0 Å². The first-order valence-electron chi connectivity index (χ1n) is 8.52. The number of likely N-dealkylation sites (tertiary alicyclic amines) is 1. The Balaban J connectivity index is 1.54. The predicted octanol–water partition coefficient (Wildman–Crippen LogP) is 3.55. The van der Waals surface area contributed by atoms with Gasteiger partial charge in [-0.2, -0.15) is 4.98 Å². The van der Waals surface area contributed by atoms with Crippen molar-refractivity contribution >= 4 is 11.6 Å². The molecular weight excluding hydrogens is 324 g/mol. The predicted molar refractivity (Wildman–Crippen MR) is 95.9 cm³/mol.